The minimum absolute atomic E-state index is 0.173. The van der Waals surface area contributed by atoms with Gasteiger partial charge < -0.3 is 15.4 Å². The molecule has 0 saturated heterocycles. The maximum atomic E-state index is 12.2. The number of amides is 2. The number of hydrogen-bond donors (Lipinski definition) is 2. The van der Waals surface area contributed by atoms with Crippen LogP contribution in [0.3, 0.4) is 0 Å². The second kappa shape index (κ2) is 9.98. The fraction of sp³-hybridized carbons (Fsp3) is 0.250. The SMILES string of the molecule is COC(=O)C(CCCNC(=O)c1ccccc1)NC(=O)c1ccccc1. The van der Waals surface area contributed by atoms with E-state index in [1.54, 1.807) is 48.5 Å². The Morgan fingerprint density at radius 2 is 1.42 bits per heavy atom. The molecule has 0 aromatic heterocycles. The lowest BCUT2D eigenvalue weighted by molar-refractivity contribution is -0.143. The monoisotopic (exact) mass is 354 g/mol. The summed E-state index contributed by atoms with van der Waals surface area (Å²) in [6.45, 7) is 0.391. The molecule has 0 aliphatic carbocycles. The van der Waals surface area contributed by atoms with Crippen molar-refractivity contribution in [2.24, 2.45) is 0 Å². The lowest BCUT2D eigenvalue weighted by Crippen LogP contribution is -2.42. The second-order valence-electron chi connectivity index (χ2n) is 5.68. The zero-order chi connectivity index (χ0) is 18.8. The molecule has 0 aliphatic rings. The average molecular weight is 354 g/mol. The van der Waals surface area contributed by atoms with Gasteiger partial charge in [0.2, 0.25) is 0 Å². The van der Waals surface area contributed by atoms with Crippen LogP contribution in [0.4, 0.5) is 0 Å². The largest absolute Gasteiger partial charge is 0.467 e. The lowest BCUT2D eigenvalue weighted by atomic mass is 10.1. The van der Waals surface area contributed by atoms with E-state index in [1.807, 2.05) is 12.1 Å². The molecule has 0 spiro atoms. The number of methoxy groups -OCH3 is 1. The van der Waals surface area contributed by atoms with Crippen LogP contribution in [0.25, 0.3) is 0 Å². The van der Waals surface area contributed by atoms with Gasteiger partial charge in [0.1, 0.15) is 6.04 Å². The van der Waals surface area contributed by atoms with Crippen LogP contribution in [0.2, 0.25) is 0 Å². The van der Waals surface area contributed by atoms with Gasteiger partial charge in [-0.3, -0.25) is 9.59 Å². The Bertz CT molecular complexity index is 732. The maximum absolute atomic E-state index is 12.2. The highest BCUT2D eigenvalue weighted by Gasteiger charge is 2.21. The summed E-state index contributed by atoms with van der Waals surface area (Å²) >= 11 is 0. The van der Waals surface area contributed by atoms with E-state index in [4.69, 9.17) is 4.74 Å². The first-order chi connectivity index (χ1) is 12.6. The van der Waals surface area contributed by atoms with E-state index >= 15 is 0 Å². The first-order valence-electron chi connectivity index (χ1n) is 8.39. The summed E-state index contributed by atoms with van der Waals surface area (Å²) in [7, 11) is 1.28. The van der Waals surface area contributed by atoms with Gasteiger partial charge in [0.15, 0.2) is 0 Å². The fourth-order valence-electron chi connectivity index (χ4n) is 2.42. The van der Waals surface area contributed by atoms with Gasteiger partial charge in [0.25, 0.3) is 11.8 Å². The summed E-state index contributed by atoms with van der Waals surface area (Å²) in [5, 5.41) is 5.47. The molecule has 0 fully saturated rings. The van der Waals surface area contributed by atoms with Gasteiger partial charge in [0, 0.05) is 17.7 Å². The Hall–Kier alpha value is -3.15. The van der Waals surface area contributed by atoms with Crippen LogP contribution in [0.15, 0.2) is 60.7 Å². The van der Waals surface area contributed by atoms with Gasteiger partial charge >= 0.3 is 5.97 Å². The number of ether oxygens (including phenoxy) is 1. The highest BCUT2D eigenvalue weighted by Crippen LogP contribution is 2.04. The zero-order valence-corrected chi connectivity index (χ0v) is 14.6. The van der Waals surface area contributed by atoms with Crippen LogP contribution in [-0.2, 0) is 9.53 Å². The van der Waals surface area contributed by atoms with Crippen LogP contribution in [-0.4, -0.2) is 37.5 Å². The van der Waals surface area contributed by atoms with Gasteiger partial charge in [0.05, 0.1) is 7.11 Å². The molecule has 1 unspecified atom stereocenters. The van der Waals surface area contributed by atoms with E-state index in [0.29, 0.717) is 30.5 Å². The van der Waals surface area contributed by atoms with E-state index in [1.165, 1.54) is 7.11 Å². The molecule has 0 heterocycles. The Labute approximate surface area is 152 Å². The molecule has 0 radical (unpaired) electrons. The van der Waals surface area contributed by atoms with Crippen molar-refractivity contribution < 1.29 is 19.1 Å². The van der Waals surface area contributed by atoms with Crippen LogP contribution < -0.4 is 10.6 Å². The van der Waals surface area contributed by atoms with Gasteiger partial charge in [-0.05, 0) is 37.1 Å². The predicted molar refractivity (Wildman–Crippen MR) is 97.7 cm³/mol. The van der Waals surface area contributed by atoms with Crippen molar-refractivity contribution in [3.8, 4) is 0 Å². The number of benzene rings is 2. The van der Waals surface area contributed by atoms with Crippen molar-refractivity contribution in [2.45, 2.75) is 18.9 Å². The minimum atomic E-state index is -0.763. The molecule has 2 aromatic carbocycles. The second-order valence-corrected chi connectivity index (χ2v) is 5.68. The number of nitrogens with one attached hydrogen (secondary N) is 2. The molecule has 2 N–H and O–H groups in total. The molecule has 2 aromatic rings. The summed E-state index contributed by atoms with van der Waals surface area (Å²) < 4.78 is 4.76. The van der Waals surface area contributed by atoms with E-state index in [9.17, 15) is 14.4 Å². The normalized spacial score (nSPS) is 11.3. The number of rotatable bonds is 8. The molecule has 1 atom stereocenters. The molecular weight excluding hydrogens is 332 g/mol. The fourth-order valence-corrected chi connectivity index (χ4v) is 2.42. The minimum Gasteiger partial charge on any atom is -0.467 e. The Morgan fingerprint density at radius 3 is 1.96 bits per heavy atom. The van der Waals surface area contributed by atoms with Crippen molar-refractivity contribution in [3.05, 3.63) is 71.8 Å². The lowest BCUT2D eigenvalue weighted by Gasteiger charge is -2.16. The average Bonchev–Trinajstić information content (AvgIpc) is 2.70. The summed E-state index contributed by atoms with van der Waals surface area (Å²) in [5.74, 6) is -1.02. The number of esters is 1. The highest BCUT2D eigenvalue weighted by molar-refractivity contribution is 5.96. The van der Waals surface area contributed by atoms with Crippen molar-refractivity contribution >= 4 is 17.8 Å². The van der Waals surface area contributed by atoms with E-state index in [-0.39, 0.29) is 11.8 Å². The first-order valence-corrected chi connectivity index (χ1v) is 8.39. The summed E-state index contributed by atoms with van der Waals surface area (Å²) in [4.78, 5) is 36.1. The third-order valence-electron chi connectivity index (χ3n) is 3.82. The van der Waals surface area contributed by atoms with Gasteiger partial charge in [-0.1, -0.05) is 36.4 Å². The van der Waals surface area contributed by atoms with Crippen molar-refractivity contribution in [1.82, 2.24) is 10.6 Å². The molecule has 2 amide bonds. The first kappa shape index (κ1) is 19.2. The van der Waals surface area contributed by atoms with Crippen molar-refractivity contribution in [1.29, 1.82) is 0 Å². The number of hydrogen-bond acceptors (Lipinski definition) is 4. The molecule has 0 saturated carbocycles. The zero-order valence-electron chi connectivity index (χ0n) is 14.6. The third-order valence-corrected chi connectivity index (χ3v) is 3.82. The summed E-state index contributed by atoms with van der Waals surface area (Å²) in [6.07, 6.45) is 0.883. The van der Waals surface area contributed by atoms with Crippen LogP contribution in [0, 0.1) is 0 Å². The molecule has 6 nitrogen and oxygen atoms in total. The topological polar surface area (TPSA) is 84.5 Å². The van der Waals surface area contributed by atoms with Crippen LogP contribution >= 0.6 is 0 Å². The molecular formula is C20H22N2O4. The molecule has 0 aliphatic heterocycles. The third kappa shape index (κ3) is 5.73. The Kier molecular flexibility index (Phi) is 7.36. The Morgan fingerprint density at radius 1 is 0.885 bits per heavy atom. The van der Waals surface area contributed by atoms with E-state index in [2.05, 4.69) is 10.6 Å². The standard InChI is InChI=1S/C20H22N2O4/c1-26-20(25)17(22-19(24)16-11-6-3-7-12-16)13-8-14-21-18(23)15-9-4-2-5-10-15/h2-7,9-12,17H,8,13-14H2,1H3,(H,21,23)(H,22,24). The van der Waals surface area contributed by atoms with Crippen LogP contribution in [0.5, 0.6) is 0 Å². The quantitative estimate of drug-likeness (QED) is 0.562. The van der Waals surface area contributed by atoms with Gasteiger partial charge in [-0.25, -0.2) is 4.79 Å². The smallest absolute Gasteiger partial charge is 0.328 e. The predicted octanol–water partition coefficient (Wildman–Crippen LogP) is 2.17. The van der Waals surface area contributed by atoms with Crippen molar-refractivity contribution in [3.63, 3.8) is 0 Å². The van der Waals surface area contributed by atoms with Gasteiger partial charge in [-0.2, -0.15) is 0 Å². The molecule has 136 valence electrons. The molecule has 2 rings (SSSR count). The van der Waals surface area contributed by atoms with E-state index < -0.39 is 12.0 Å². The molecule has 6 heteroatoms. The maximum Gasteiger partial charge on any atom is 0.328 e. The number of carbonyl (C=O) groups is 3. The van der Waals surface area contributed by atoms with Gasteiger partial charge in [-0.15, -0.1) is 0 Å². The van der Waals surface area contributed by atoms with Crippen molar-refractivity contribution in [2.75, 3.05) is 13.7 Å². The highest BCUT2D eigenvalue weighted by atomic mass is 16.5. The Balaban J connectivity index is 1.83. The van der Waals surface area contributed by atoms with Crippen LogP contribution in [0.1, 0.15) is 33.6 Å². The number of carbonyl (C=O) groups excluding carboxylic acids is 3. The molecule has 26 heavy (non-hydrogen) atoms. The summed E-state index contributed by atoms with van der Waals surface area (Å²) in [6, 6.07) is 16.8. The van der Waals surface area contributed by atoms with E-state index in [0.717, 1.165) is 0 Å². The molecule has 0 bridgehead atoms. The summed E-state index contributed by atoms with van der Waals surface area (Å²) in [5.41, 5.74) is 1.05.